The Hall–Kier alpha value is -0.160. The highest BCUT2D eigenvalue weighted by Crippen LogP contribution is 2.17. The molecule has 0 amide bonds. The fourth-order valence-electron chi connectivity index (χ4n) is 1.67. The second-order valence-corrected chi connectivity index (χ2v) is 3.52. The molecule has 2 fully saturated rings. The van der Waals surface area contributed by atoms with Crippen LogP contribution >= 0.6 is 0 Å². The van der Waals surface area contributed by atoms with E-state index in [2.05, 4.69) is 4.90 Å². The van der Waals surface area contributed by atoms with Gasteiger partial charge in [-0.05, 0) is 0 Å². The van der Waals surface area contributed by atoms with Crippen LogP contribution in [0.2, 0.25) is 0 Å². The van der Waals surface area contributed by atoms with Crippen molar-refractivity contribution in [2.75, 3.05) is 33.4 Å². The van der Waals surface area contributed by atoms with Crippen molar-refractivity contribution in [1.29, 1.82) is 0 Å². The summed E-state index contributed by atoms with van der Waals surface area (Å²) in [4.78, 5) is 2.19. The van der Waals surface area contributed by atoms with Gasteiger partial charge < -0.3 is 14.6 Å². The molecule has 0 unspecified atom stereocenters. The van der Waals surface area contributed by atoms with Gasteiger partial charge in [0.15, 0.2) is 0 Å². The molecule has 0 aromatic rings. The summed E-state index contributed by atoms with van der Waals surface area (Å²) in [6.07, 6.45) is 0.0744. The molecule has 70 valence electrons. The molecule has 2 aliphatic rings. The van der Waals surface area contributed by atoms with Crippen molar-refractivity contribution in [3.63, 3.8) is 0 Å². The first-order chi connectivity index (χ1) is 5.79. The smallest absolute Gasteiger partial charge is 0.0969 e. The number of epoxide rings is 1. The Labute approximate surface area is 72.1 Å². The van der Waals surface area contributed by atoms with Crippen LogP contribution in [0.15, 0.2) is 0 Å². The topological polar surface area (TPSA) is 45.2 Å². The highest BCUT2D eigenvalue weighted by molar-refractivity contribution is 4.87. The van der Waals surface area contributed by atoms with E-state index in [0.717, 1.165) is 26.2 Å². The summed E-state index contributed by atoms with van der Waals surface area (Å²) in [5, 5.41) is 9.49. The SMILES string of the molecule is CO[C@@H]1CN(C[C@@H]2CO2)C[C@H]1O. The predicted octanol–water partition coefficient (Wildman–Crippen LogP) is -0.923. The lowest BCUT2D eigenvalue weighted by atomic mass is 10.3. The molecule has 4 heteroatoms. The van der Waals surface area contributed by atoms with Crippen LogP contribution in [0.1, 0.15) is 0 Å². The molecule has 2 saturated heterocycles. The summed E-state index contributed by atoms with van der Waals surface area (Å²) in [6.45, 7) is 3.37. The molecule has 0 aromatic carbocycles. The summed E-state index contributed by atoms with van der Waals surface area (Å²) in [7, 11) is 1.64. The molecule has 0 spiro atoms. The van der Waals surface area contributed by atoms with Gasteiger partial charge >= 0.3 is 0 Å². The van der Waals surface area contributed by atoms with E-state index >= 15 is 0 Å². The lowest BCUT2D eigenvalue weighted by Gasteiger charge is -2.12. The Kier molecular flexibility index (Phi) is 2.32. The number of hydrogen-bond donors (Lipinski definition) is 1. The van der Waals surface area contributed by atoms with Crippen molar-refractivity contribution in [3.8, 4) is 0 Å². The Bertz CT molecular complexity index is 160. The standard InChI is InChI=1S/C8H15NO3/c1-11-8-4-9(3-7(8)10)2-6-5-12-6/h6-8,10H,2-5H2,1H3/t6-,7-,8-/m1/s1. The number of aliphatic hydroxyl groups excluding tert-OH is 1. The molecule has 2 aliphatic heterocycles. The zero-order valence-corrected chi connectivity index (χ0v) is 7.27. The minimum atomic E-state index is -0.325. The Morgan fingerprint density at radius 2 is 2.33 bits per heavy atom. The second kappa shape index (κ2) is 3.30. The maximum absolute atomic E-state index is 9.49. The molecule has 2 heterocycles. The lowest BCUT2D eigenvalue weighted by Crippen LogP contribution is -2.26. The fraction of sp³-hybridized carbons (Fsp3) is 1.00. The first-order valence-electron chi connectivity index (χ1n) is 4.34. The summed E-state index contributed by atoms with van der Waals surface area (Å²) in [5.41, 5.74) is 0. The fourth-order valence-corrected chi connectivity index (χ4v) is 1.67. The number of ether oxygens (including phenoxy) is 2. The van der Waals surface area contributed by atoms with E-state index in [1.807, 2.05) is 0 Å². The largest absolute Gasteiger partial charge is 0.389 e. The number of likely N-dealkylation sites (tertiary alicyclic amines) is 1. The molecule has 1 N–H and O–H groups in total. The highest BCUT2D eigenvalue weighted by atomic mass is 16.6. The first-order valence-corrected chi connectivity index (χ1v) is 4.34. The molecule has 0 radical (unpaired) electrons. The van der Waals surface area contributed by atoms with Gasteiger partial charge in [-0.3, -0.25) is 4.90 Å². The predicted molar refractivity (Wildman–Crippen MR) is 43.0 cm³/mol. The lowest BCUT2D eigenvalue weighted by molar-refractivity contribution is 0.0215. The van der Waals surface area contributed by atoms with E-state index in [4.69, 9.17) is 9.47 Å². The molecular weight excluding hydrogens is 158 g/mol. The van der Waals surface area contributed by atoms with Crippen LogP contribution in [-0.2, 0) is 9.47 Å². The van der Waals surface area contributed by atoms with Gasteiger partial charge in [-0.15, -0.1) is 0 Å². The van der Waals surface area contributed by atoms with Crippen molar-refractivity contribution in [2.24, 2.45) is 0 Å². The summed E-state index contributed by atoms with van der Waals surface area (Å²) in [6, 6.07) is 0. The van der Waals surface area contributed by atoms with Crippen molar-refractivity contribution >= 4 is 0 Å². The van der Waals surface area contributed by atoms with E-state index < -0.39 is 0 Å². The van der Waals surface area contributed by atoms with Crippen LogP contribution in [0.4, 0.5) is 0 Å². The highest BCUT2D eigenvalue weighted by Gasteiger charge is 2.35. The maximum atomic E-state index is 9.49. The van der Waals surface area contributed by atoms with E-state index in [-0.39, 0.29) is 12.2 Å². The number of rotatable bonds is 3. The Morgan fingerprint density at radius 3 is 2.83 bits per heavy atom. The molecule has 2 rings (SSSR count). The van der Waals surface area contributed by atoms with E-state index in [9.17, 15) is 5.11 Å². The van der Waals surface area contributed by atoms with Gasteiger partial charge in [-0.25, -0.2) is 0 Å². The summed E-state index contributed by atoms with van der Waals surface area (Å²) >= 11 is 0. The second-order valence-electron chi connectivity index (χ2n) is 3.52. The van der Waals surface area contributed by atoms with E-state index in [1.54, 1.807) is 7.11 Å². The molecule has 4 nitrogen and oxygen atoms in total. The van der Waals surface area contributed by atoms with Gasteiger partial charge in [-0.2, -0.15) is 0 Å². The Balaban J connectivity index is 1.78. The summed E-state index contributed by atoms with van der Waals surface area (Å²) in [5.74, 6) is 0. The Morgan fingerprint density at radius 1 is 1.58 bits per heavy atom. The maximum Gasteiger partial charge on any atom is 0.0969 e. The zero-order chi connectivity index (χ0) is 8.55. The number of nitrogens with zero attached hydrogens (tertiary/aromatic N) is 1. The van der Waals surface area contributed by atoms with Gasteiger partial charge in [0.25, 0.3) is 0 Å². The first kappa shape index (κ1) is 8.44. The van der Waals surface area contributed by atoms with Gasteiger partial charge in [0.1, 0.15) is 0 Å². The van der Waals surface area contributed by atoms with Crippen molar-refractivity contribution in [1.82, 2.24) is 4.90 Å². The van der Waals surface area contributed by atoms with Crippen LogP contribution < -0.4 is 0 Å². The van der Waals surface area contributed by atoms with Crippen molar-refractivity contribution in [2.45, 2.75) is 18.3 Å². The number of β-amino-alcohol motifs (C(OH)–C–C–N with tert-alkyl or cyclic N) is 1. The third-order valence-electron chi connectivity index (χ3n) is 2.48. The molecule has 0 bridgehead atoms. The van der Waals surface area contributed by atoms with Crippen LogP contribution in [0, 0.1) is 0 Å². The van der Waals surface area contributed by atoms with Crippen molar-refractivity contribution in [3.05, 3.63) is 0 Å². The normalized spacial score (nSPS) is 42.0. The molecular formula is C8H15NO3. The van der Waals surface area contributed by atoms with E-state index in [1.165, 1.54) is 0 Å². The van der Waals surface area contributed by atoms with Crippen LogP contribution in [0.3, 0.4) is 0 Å². The molecule has 12 heavy (non-hydrogen) atoms. The van der Waals surface area contributed by atoms with Crippen molar-refractivity contribution < 1.29 is 14.6 Å². The number of methoxy groups -OCH3 is 1. The zero-order valence-electron chi connectivity index (χ0n) is 7.27. The molecule has 0 aliphatic carbocycles. The van der Waals surface area contributed by atoms with Gasteiger partial charge in [-0.1, -0.05) is 0 Å². The average Bonchev–Trinajstić information content (AvgIpc) is 2.76. The minimum Gasteiger partial charge on any atom is -0.389 e. The number of hydrogen-bond acceptors (Lipinski definition) is 4. The monoisotopic (exact) mass is 173 g/mol. The van der Waals surface area contributed by atoms with E-state index in [0.29, 0.717) is 6.10 Å². The van der Waals surface area contributed by atoms with Gasteiger partial charge in [0, 0.05) is 26.7 Å². The molecule has 3 atom stereocenters. The van der Waals surface area contributed by atoms with Crippen LogP contribution in [0.5, 0.6) is 0 Å². The quantitative estimate of drug-likeness (QED) is 0.560. The van der Waals surface area contributed by atoms with Crippen LogP contribution in [-0.4, -0.2) is 61.7 Å². The average molecular weight is 173 g/mol. The third-order valence-corrected chi connectivity index (χ3v) is 2.48. The summed E-state index contributed by atoms with van der Waals surface area (Å²) < 4.78 is 10.2. The van der Waals surface area contributed by atoms with Gasteiger partial charge in [0.2, 0.25) is 0 Å². The minimum absolute atomic E-state index is 0.0104. The number of aliphatic hydroxyl groups is 1. The molecule has 0 aromatic heterocycles. The third kappa shape index (κ3) is 1.77. The van der Waals surface area contributed by atoms with Crippen LogP contribution in [0.25, 0.3) is 0 Å². The molecule has 0 saturated carbocycles. The van der Waals surface area contributed by atoms with Gasteiger partial charge in [0.05, 0.1) is 24.9 Å².